The van der Waals surface area contributed by atoms with Gasteiger partial charge in [0.1, 0.15) is 5.82 Å². The van der Waals surface area contributed by atoms with Gasteiger partial charge in [0.15, 0.2) is 0 Å². The van der Waals surface area contributed by atoms with Crippen LogP contribution in [0.4, 0.5) is 4.39 Å². The summed E-state index contributed by atoms with van der Waals surface area (Å²) >= 11 is 0. The lowest BCUT2D eigenvalue weighted by Crippen LogP contribution is -2.42. The fraction of sp³-hybridized carbons (Fsp3) is 0.538. The Morgan fingerprint density at radius 3 is 2.67 bits per heavy atom. The van der Waals surface area contributed by atoms with Gasteiger partial charge in [0.05, 0.1) is 30.5 Å². The first-order valence-electron chi connectivity index (χ1n) is 6.04. The number of carbonyl (C=O) groups excluding carboxylic acids is 1. The van der Waals surface area contributed by atoms with Gasteiger partial charge in [0, 0.05) is 0 Å². The largest absolute Gasteiger partial charge is 0.466 e. The van der Waals surface area contributed by atoms with Crippen LogP contribution in [0.2, 0.25) is 0 Å². The van der Waals surface area contributed by atoms with Gasteiger partial charge in [-0.25, -0.2) is 4.39 Å². The van der Waals surface area contributed by atoms with Gasteiger partial charge in [-0.05, 0) is 32.5 Å². The molecule has 0 aliphatic rings. The summed E-state index contributed by atoms with van der Waals surface area (Å²) in [7, 11) is 1.76. The van der Waals surface area contributed by atoms with Gasteiger partial charge < -0.3 is 10.1 Å². The minimum atomic E-state index is -0.611. The molecule has 0 saturated heterocycles. The first kappa shape index (κ1) is 14.6. The highest BCUT2D eigenvalue weighted by molar-refractivity contribution is 5.71. The second-order valence-corrected chi connectivity index (χ2v) is 4.03. The van der Waals surface area contributed by atoms with Crippen LogP contribution < -0.4 is 5.32 Å². The van der Waals surface area contributed by atoms with E-state index in [-0.39, 0.29) is 12.4 Å². The summed E-state index contributed by atoms with van der Waals surface area (Å²) in [5, 5.41) is 3.10. The highest BCUT2D eigenvalue weighted by Gasteiger charge is 2.33. The van der Waals surface area contributed by atoms with E-state index in [4.69, 9.17) is 4.74 Å². The van der Waals surface area contributed by atoms with E-state index in [1.165, 1.54) is 6.07 Å². The molecule has 0 bridgehead atoms. The Hall–Kier alpha value is -1.49. The minimum absolute atomic E-state index is 0.173. The minimum Gasteiger partial charge on any atom is -0.466 e. The summed E-state index contributed by atoms with van der Waals surface area (Å²) < 4.78 is 17.9. The van der Waals surface area contributed by atoms with Crippen LogP contribution in [0.15, 0.2) is 18.3 Å². The van der Waals surface area contributed by atoms with E-state index < -0.39 is 11.4 Å². The van der Waals surface area contributed by atoms with Crippen LogP contribution in [-0.4, -0.2) is 24.6 Å². The molecule has 0 aliphatic heterocycles. The Kier molecular flexibility index (Phi) is 5.22. The molecule has 1 atom stereocenters. The third-order valence-corrected chi connectivity index (χ3v) is 3.05. The molecule has 0 saturated carbocycles. The Morgan fingerprint density at radius 2 is 2.22 bits per heavy atom. The van der Waals surface area contributed by atoms with E-state index in [2.05, 4.69) is 10.3 Å². The molecular weight excluding hydrogens is 235 g/mol. The van der Waals surface area contributed by atoms with Crippen LogP contribution in [0.5, 0.6) is 0 Å². The van der Waals surface area contributed by atoms with Gasteiger partial charge in [-0.15, -0.1) is 0 Å². The monoisotopic (exact) mass is 254 g/mol. The average Bonchev–Trinajstić information content (AvgIpc) is 2.37. The number of nitrogens with zero attached hydrogens (tertiary/aromatic N) is 1. The number of ether oxygens (including phenoxy) is 1. The van der Waals surface area contributed by atoms with Crippen molar-refractivity contribution in [3.05, 3.63) is 29.8 Å². The summed E-state index contributed by atoms with van der Waals surface area (Å²) in [5.74, 6) is -0.684. The second-order valence-electron chi connectivity index (χ2n) is 4.03. The number of esters is 1. The zero-order valence-corrected chi connectivity index (χ0v) is 11.0. The van der Waals surface area contributed by atoms with Gasteiger partial charge in [0.2, 0.25) is 0 Å². The second kappa shape index (κ2) is 6.44. The van der Waals surface area contributed by atoms with Crippen molar-refractivity contribution in [1.29, 1.82) is 0 Å². The van der Waals surface area contributed by atoms with E-state index in [1.807, 2.05) is 6.92 Å². The zero-order valence-electron chi connectivity index (χ0n) is 11.0. The molecule has 1 rings (SSSR count). The van der Waals surface area contributed by atoms with Crippen molar-refractivity contribution in [3.63, 3.8) is 0 Å². The van der Waals surface area contributed by atoms with Crippen LogP contribution in [0, 0.1) is 5.82 Å². The van der Waals surface area contributed by atoms with E-state index >= 15 is 0 Å². The third-order valence-electron chi connectivity index (χ3n) is 3.05. The van der Waals surface area contributed by atoms with Crippen molar-refractivity contribution >= 4 is 5.97 Å². The lowest BCUT2D eigenvalue weighted by molar-refractivity contribution is -0.145. The molecule has 0 aromatic carbocycles. The van der Waals surface area contributed by atoms with Gasteiger partial charge in [0.25, 0.3) is 0 Å². The van der Waals surface area contributed by atoms with E-state index in [9.17, 15) is 9.18 Å². The molecule has 1 aromatic heterocycles. The van der Waals surface area contributed by atoms with Crippen LogP contribution in [0.3, 0.4) is 0 Å². The van der Waals surface area contributed by atoms with E-state index in [0.29, 0.717) is 18.7 Å². The molecule has 100 valence electrons. The first-order chi connectivity index (χ1) is 8.57. The molecule has 4 nitrogen and oxygen atoms in total. The first-order valence-corrected chi connectivity index (χ1v) is 6.04. The Bertz CT molecular complexity index is 388. The SMILES string of the molecule is CCOC(=O)CC(CC)(NC)c1ccc(F)cn1. The van der Waals surface area contributed by atoms with Crippen molar-refractivity contribution < 1.29 is 13.9 Å². The van der Waals surface area contributed by atoms with Gasteiger partial charge in [-0.3, -0.25) is 9.78 Å². The predicted molar refractivity (Wildman–Crippen MR) is 66.5 cm³/mol. The van der Waals surface area contributed by atoms with Gasteiger partial charge in [-0.1, -0.05) is 6.92 Å². The summed E-state index contributed by atoms with van der Waals surface area (Å²) in [6, 6.07) is 2.93. The van der Waals surface area contributed by atoms with Gasteiger partial charge in [-0.2, -0.15) is 0 Å². The number of rotatable bonds is 6. The summed E-state index contributed by atoms with van der Waals surface area (Å²) in [5.41, 5.74) is 0.0295. The number of hydrogen-bond donors (Lipinski definition) is 1. The number of halogens is 1. The number of aromatic nitrogens is 1. The molecule has 1 aromatic rings. The Morgan fingerprint density at radius 1 is 1.50 bits per heavy atom. The molecule has 0 spiro atoms. The van der Waals surface area contributed by atoms with E-state index in [0.717, 1.165) is 6.20 Å². The number of pyridine rings is 1. The summed E-state index contributed by atoms with van der Waals surface area (Å²) in [4.78, 5) is 15.7. The highest BCUT2D eigenvalue weighted by atomic mass is 19.1. The summed E-state index contributed by atoms with van der Waals surface area (Å²) in [6.07, 6.45) is 1.98. The Balaban J connectivity index is 2.98. The van der Waals surface area contributed by atoms with Gasteiger partial charge >= 0.3 is 5.97 Å². The molecule has 1 unspecified atom stereocenters. The normalized spacial score (nSPS) is 14.0. The van der Waals surface area contributed by atoms with Crippen molar-refractivity contribution in [3.8, 4) is 0 Å². The molecule has 18 heavy (non-hydrogen) atoms. The predicted octanol–water partition coefficient (Wildman–Crippen LogP) is 2.00. The number of nitrogens with one attached hydrogen (secondary N) is 1. The summed E-state index contributed by atoms with van der Waals surface area (Å²) in [6.45, 7) is 4.06. The molecule has 5 heteroatoms. The molecule has 0 radical (unpaired) electrons. The topological polar surface area (TPSA) is 51.2 Å². The van der Waals surface area contributed by atoms with Crippen molar-refractivity contribution in [2.75, 3.05) is 13.7 Å². The van der Waals surface area contributed by atoms with Crippen LogP contribution in [0.25, 0.3) is 0 Å². The maximum absolute atomic E-state index is 12.9. The molecule has 0 aliphatic carbocycles. The Labute approximate surface area is 107 Å². The molecule has 0 fully saturated rings. The standard InChI is InChI=1S/C13H19FN2O2/c1-4-13(15-3,8-12(17)18-5-2)11-7-6-10(14)9-16-11/h6-7,9,15H,4-5,8H2,1-3H3. The van der Waals surface area contributed by atoms with Crippen LogP contribution >= 0.6 is 0 Å². The molecule has 1 N–H and O–H groups in total. The lowest BCUT2D eigenvalue weighted by Gasteiger charge is -2.31. The van der Waals surface area contributed by atoms with Crippen LogP contribution in [-0.2, 0) is 15.1 Å². The van der Waals surface area contributed by atoms with Crippen molar-refractivity contribution in [1.82, 2.24) is 10.3 Å². The average molecular weight is 254 g/mol. The fourth-order valence-corrected chi connectivity index (χ4v) is 1.91. The van der Waals surface area contributed by atoms with Crippen molar-refractivity contribution in [2.45, 2.75) is 32.2 Å². The lowest BCUT2D eigenvalue weighted by atomic mass is 9.88. The van der Waals surface area contributed by atoms with Crippen LogP contribution in [0.1, 0.15) is 32.4 Å². The zero-order chi connectivity index (χ0) is 13.6. The smallest absolute Gasteiger partial charge is 0.308 e. The maximum Gasteiger partial charge on any atom is 0.308 e. The van der Waals surface area contributed by atoms with E-state index in [1.54, 1.807) is 20.0 Å². The molecule has 1 heterocycles. The fourth-order valence-electron chi connectivity index (χ4n) is 1.91. The highest BCUT2D eigenvalue weighted by Crippen LogP contribution is 2.27. The molecule has 0 amide bonds. The van der Waals surface area contributed by atoms with Crippen molar-refractivity contribution in [2.24, 2.45) is 0 Å². The number of carbonyl (C=O) groups is 1. The maximum atomic E-state index is 12.9. The number of hydrogen-bond acceptors (Lipinski definition) is 4. The molecular formula is C13H19FN2O2. The quantitative estimate of drug-likeness (QED) is 0.789. The third kappa shape index (κ3) is 3.26.